The number of aryl methyl sites for hydroxylation is 1. The summed E-state index contributed by atoms with van der Waals surface area (Å²) in [7, 11) is 0. The fourth-order valence-electron chi connectivity index (χ4n) is 3.33. The maximum absolute atomic E-state index is 12.3. The zero-order valence-corrected chi connectivity index (χ0v) is 17.7. The Labute approximate surface area is 172 Å². The molecule has 0 aliphatic heterocycles. The first-order valence-corrected chi connectivity index (χ1v) is 10.2. The van der Waals surface area contributed by atoms with Crippen molar-refractivity contribution in [3.63, 3.8) is 0 Å². The molecule has 154 valence electrons. The van der Waals surface area contributed by atoms with Crippen LogP contribution in [0.3, 0.4) is 0 Å². The second-order valence-electron chi connectivity index (χ2n) is 7.45. The molecule has 0 bridgehead atoms. The Hall–Kier alpha value is -2.86. The van der Waals surface area contributed by atoms with Crippen molar-refractivity contribution in [2.75, 3.05) is 19.6 Å². The molecule has 0 aliphatic rings. The van der Waals surface area contributed by atoms with Crippen molar-refractivity contribution in [2.24, 2.45) is 0 Å². The Balaban J connectivity index is 1.51. The number of amides is 1. The molecule has 2 heterocycles. The first kappa shape index (κ1) is 20.9. The van der Waals surface area contributed by atoms with E-state index < -0.39 is 0 Å². The summed E-state index contributed by atoms with van der Waals surface area (Å²) in [6, 6.07) is 11.7. The van der Waals surface area contributed by atoms with Gasteiger partial charge in [0.1, 0.15) is 18.0 Å². The number of likely N-dealkylation sites (N-methyl/N-ethyl adjacent to an activating group) is 1. The van der Waals surface area contributed by atoms with Crippen LogP contribution in [-0.2, 0) is 6.61 Å². The monoisotopic (exact) mass is 394 g/mol. The second kappa shape index (κ2) is 9.56. The number of imidazole rings is 1. The molecule has 1 amide bonds. The second-order valence-corrected chi connectivity index (χ2v) is 7.45. The Kier molecular flexibility index (Phi) is 6.88. The van der Waals surface area contributed by atoms with Crippen molar-refractivity contribution in [3.05, 3.63) is 65.6 Å². The number of fused-ring (bicyclic) bond motifs is 1. The summed E-state index contributed by atoms with van der Waals surface area (Å²) in [5.74, 6) is 0.652. The lowest BCUT2D eigenvalue weighted by Gasteiger charge is -2.24. The average molecular weight is 395 g/mol. The van der Waals surface area contributed by atoms with Crippen LogP contribution in [0.2, 0.25) is 0 Å². The fraction of sp³-hybridized carbons (Fsp3) is 0.391. The molecule has 6 nitrogen and oxygen atoms in total. The van der Waals surface area contributed by atoms with Gasteiger partial charge < -0.3 is 14.5 Å². The van der Waals surface area contributed by atoms with Crippen LogP contribution in [0.1, 0.15) is 42.4 Å². The summed E-state index contributed by atoms with van der Waals surface area (Å²) in [6.07, 6.45) is 3.95. The number of carbonyl (C=O) groups is 1. The lowest BCUT2D eigenvalue weighted by Crippen LogP contribution is -2.38. The number of nitrogens with zero attached hydrogens (tertiary/aromatic N) is 3. The molecular formula is C23H30N4O2. The highest BCUT2D eigenvalue weighted by Gasteiger charge is 2.09. The van der Waals surface area contributed by atoms with Gasteiger partial charge in [-0.1, -0.05) is 13.0 Å². The molecule has 0 aliphatic carbocycles. The maximum Gasteiger partial charge on any atom is 0.251 e. The number of pyridine rings is 1. The molecule has 0 saturated carbocycles. The van der Waals surface area contributed by atoms with Gasteiger partial charge in [0.05, 0.1) is 5.69 Å². The Bertz CT molecular complexity index is 947. The number of aromatic nitrogens is 2. The fourth-order valence-corrected chi connectivity index (χ4v) is 3.33. The highest BCUT2D eigenvalue weighted by molar-refractivity contribution is 5.94. The quantitative estimate of drug-likeness (QED) is 0.601. The van der Waals surface area contributed by atoms with Gasteiger partial charge >= 0.3 is 0 Å². The van der Waals surface area contributed by atoms with Crippen molar-refractivity contribution in [1.82, 2.24) is 19.6 Å². The highest BCUT2D eigenvalue weighted by atomic mass is 16.5. The number of benzene rings is 1. The minimum absolute atomic E-state index is 0.0628. The smallest absolute Gasteiger partial charge is 0.251 e. The van der Waals surface area contributed by atoms with Gasteiger partial charge in [-0.25, -0.2) is 4.98 Å². The maximum atomic E-state index is 12.3. The summed E-state index contributed by atoms with van der Waals surface area (Å²) in [4.78, 5) is 19.3. The molecule has 0 spiro atoms. The third-order valence-corrected chi connectivity index (χ3v) is 5.05. The normalized spacial score (nSPS) is 11.4. The van der Waals surface area contributed by atoms with E-state index in [2.05, 4.69) is 36.0 Å². The highest BCUT2D eigenvalue weighted by Crippen LogP contribution is 2.15. The van der Waals surface area contributed by atoms with Crippen molar-refractivity contribution >= 4 is 11.6 Å². The first-order chi connectivity index (χ1) is 14.0. The molecule has 3 rings (SSSR count). The SMILES string of the molecule is CCN(CCNC(=O)c1ccc(OCc2cn3cccc(C)c3n2)cc1)C(C)C. The van der Waals surface area contributed by atoms with Crippen LogP contribution in [0, 0.1) is 6.92 Å². The zero-order chi connectivity index (χ0) is 20.8. The lowest BCUT2D eigenvalue weighted by atomic mass is 10.2. The average Bonchev–Trinajstić information content (AvgIpc) is 3.14. The number of hydrogen-bond acceptors (Lipinski definition) is 4. The third-order valence-electron chi connectivity index (χ3n) is 5.05. The lowest BCUT2D eigenvalue weighted by molar-refractivity contribution is 0.0946. The van der Waals surface area contributed by atoms with Crippen molar-refractivity contribution in [2.45, 2.75) is 40.3 Å². The van der Waals surface area contributed by atoms with Crippen LogP contribution in [0.4, 0.5) is 0 Å². The number of hydrogen-bond donors (Lipinski definition) is 1. The summed E-state index contributed by atoms with van der Waals surface area (Å²) in [5, 5.41) is 2.98. The van der Waals surface area contributed by atoms with Crippen LogP contribution in [0.25, 0.3) is 5.65 Å². The predicted molar refractivity (Wildman–Crippen MR) is 115 cm³/mol. The van der Waals surface area contributed by atoms with E-state index in [0.717, 1.165) is 30.0 Å². The minimum atomic E-state index is -0.0628. The number of ether oxygens (including phenoxy) is 1. The molecule has 0 atom stereocenters. The van der Waals surface area contributed by atoms with Crippen LogP contribution < -0.4 is 10.1 Å². The molecule has 0 radical (unpaired) electrons. The Morgan fingerprint density at radius 1 is 1.24 bits per heavy atom. The molecular weight excluding hydrogens is 364 g/mol. The summed E-state index contributed by atoms with van der Waals surface area (Å²) in [6.45, 7) is 11.3. The van der Waals surface area contributed by atoms with E-state index in [4.69, 9.17) is 4.74 Å². The molecule has 3 aromatic rings. The van der Waals surface area contributed by atoms with E-state index in [1.807, 2.05) is 48.0 Å². The van der Waals surface area contributed by atoms with Crippen LogP contribution in [-0.4, -0.2) is 45.9 Å². The number of carbonyl (C=O) groups excluding carboxylic acids is 1. The Morgan fingerprint density at radius 3 is 2.66 bits per heavy atom. The van der Waals surface area contributed by atoms with E-state index in [-0.39, 0.29) is 5.91 Å². The predicted octanol–water partition coefficient (Wildman–Crippen LogP) is 3.68. The topological polar surface area (TPSA) is 58.9 Å². The third kappa shape index (κ3) is 5.35. The first-order valence-electron chi connectivity index (χ1n) is 10.2. The summed E-state index contributed by atoms with van der Waals surface area (Å²) >= 11 is 0. The van der Waals surface area contributed by atoms with Gasteiger partial charge in [-0.2, -0.15) is 0 Å². The number of nitrogens with one attached hydrogen (secondary N) is 1. The molecule has 0 saturated heterocycles. The van der Waals surface area contributed by atoms with E-state index in [1.54, 1.807) is 12.1 Å². The van der Waals surface area contributed by atoms with Crippen LogP contribution in [0.5, 0.6) is 5.75 Å². The van der Waals surface area contributed by atoms with Gasteiger partial charge in [-0.3, -0.25) is 9.69 Å². The Morgan fingerprint density at radius 2 is 2.00 bits per heavy atom. The molecule has 1 N–H and O–H groups in total. The van der Waals surface area contributed by atoms with Gasteiger partial charge in [0.25, 0.3) is 5.91 Å². The van der Waals surface area contributed by atoms with Crippen molar-refractivity contribution < 1.29 is 9.53 Å². The van der Waals surface area contributed by atoms with Gasteiger partial charge in [-0.15, -0.1) is 0 Å². The van der Waals surface area contributed by atoms with Gasteiger partial charge in [-0.05, 0) is 63.2 Å². The standard InChI is InChI=1S/C23H30N4O2/c1-5-26(17(2)3)14-12-24-23(28)19-8-10-21(11-9-19)29-16-20-15-27-13-6-7-18(4)22(27)25-20/h6-11,13,15,17H,5,12,14,16H2,1-4H3,(H,24,28). The molecule has 29 heavy (non-hydrogen) atoms. The minimum Gasteiger partial charge on any atom is -0.487 e. The number of rotatable bonds is 9. The summed E-state index contributed by atoms with van der Waals surface area (Å²) in [5.41, 5.74) is 3.57. The molecule has 0 fully saturated rings. The largest absolute Gasteiger partial charge is 0.487 e. The van der Waals surface area contributed by atoms with Crippen LogP contribution >= 0.6 is 0 Å². The molecule has 1 aromatic carbocycles. The van der Waals surface area contributed by atoms with Crippen LogP contribution in [0.15, 0.2) is 48.8 Å². The van der Waals surface area contributed by atoms with Crippen molar-refractivity contribution in [3.8, 4) is 5.75 Å². The van der Waals surface area contributed by atoms with Gasteiger partial charge in [0.15, 0.2) is 0 Å². The zero-order valence-electron chi connectivity index (χ0n) is 17.7. The molecule has 6 heteroatoms. The van der Waals surface area contributed by atoms with Gasteiger partial charge in [0.2, 0.25) is 0 Å². The van der Waals surface area contributed by atoms with Gasteiger partial charge in [0, 0.05) is 37.1 Å². The summed E-state index contributed by atoms with van der Waals surface area (Å²) < 4.78 is 7.84. The van der Waals surface area contributed by atoms with E-state index in [0.29, 0.717) is 30.5 Å². The molecule has 0 unspecified atom stereocenters. The van der Waals surface area contributed by atoms with E-state index in [9.17, 15) is 4.79 Å². The van der Waals surface area contributed by atoms with E-state index in [1.165, 1.54) is 0 Å². The van der Waals surface area contributed by atoms with E-state index >= 15 is 0 Å². The van der Waals surface area contributed by atoms with Crippen molar-refractivity contribution in [1.29, 1.82) is 0 Å². The molecule has 2 aromatic heterocycles.